The lowest BCUT2D eigenvalue weighted by Gasteiger charge is -2.42. The highest BCUT2D eigenvalue weighted by Gasteiger charge is 2.28. The van der Waals surface area contributed by atoms with Crippen molar-refractivity contribution in [1.82, 2.24) is 10.2 Å². The van der Waals surface area contributed by atoms with Gasteiger partial charge in [-0.25, -0.2) is 0 Å². The molecule has 2 atom stereocenters. The van der Waals surface area contributed by atoms with Crippen molar-refractivity contribution in [2.75, 3.05) is 31.1 Å². The molecule has 17 heavy (non-hydrogen) atoms. The molecule has 2 aliphatic rings. The summed E-state index contributed by atoms with van der Waals surface area (Å²) >= 11 is 2.14. The first-order valence-corrected chi connectivity index (χ1v) is 8.37. The summed E-state index contributed by atoms with van der Waals surface area (Å²) in [7, 11) is 0. The van der Waals surface area contributed by atoms with Gasteiger partial charge in [0.2, 0.25) is 0 Å². The zero-order valence-corrected chi connectivity index (χ0v) is 12.4. The number of nitrogens with zero attached hydrogens (tertiary/aromatic N) is 1. The third kappa shape index (κ3) is 3.87. The molecule has 0 bridgehead atoms. The van der Waals surface area contributed by atoms with E-state index in [1.165, 1.54) is 44.0 Å². The van der Waals surface area contributed by atoms with E-state index in [9.17, 15) is 0 Å². The molecule has 3 heteroatoms. The standard InChI is InChI=1S/C14H28N2S/c1-11(2)14-10-16(12(3)8-15-14)9-13-4-6-17-7-5-13/h11-15H,4-10H2,1-3H3. The zero-order chi connectivity index (χ0) is 12.3. The maximum absolute atomic E-state index is 3.69. The SMILES string of the molecule is CC(C)C1CN(CC2CCSCC2)C(C)CN1. The van der Waals surface area contributed by atoms with Crippen molar-refractivity contribution in [2.24, 2.45) is 11.8 Å². The van der Waals surface area contributed by atoms with Crippen LogP contribution in [0, 0.1) is 11.8 Å². The van der Waals surface area contributed by atoms with Gasteiger partial charge in [0, 0.05) is 31.7 Å². The molecule has 2 rings (SSSR count). The number of thioether (sulfide) groups is 1. The highest BCUT2D eigenvalue weighted by atomic mass is 32.2. The van der Waals surface area contributed by atoms with Crippen LogP contribution in [0.4, 0.5) is 0 Å². The van der Waals surface area contributed by atoms with Crippen LogP contribution in [0.3, 0.4) is 0 Å². The molecule has 2 fully saturated rings. The van der Waals surface area contributed by atoms with Crippen molar-refractivity contribution in [3.05, 3.63) is 0 Å². The van der Waals surface area contributed by atoms with E-state index >= 15 is 0 Å². The molecule has 0 aromatic rings. The molecular weight excluding hydrogens is 228 g/mol. The molecule has 0 saturated carbocycles. The lowest BCUT2D eigenvalue weighted by atomic mass is 9.96. The van der Waals surface area contributed by atoms with Gasteiger partial charge in [0.05, 0.1) is 0 Å². The number of hydrogen-bond acceptors (Lipinski definition) is 3. The third-order valence-electron chi connectivity index (χ3n) is 4.37. The summed E-state index contributed by atoms with van der Waals surface area (Å²) in [5.74, 6) is 4.49. The Kier molecular flexibility index (Phi) is 5.19. The normalized spacial score (nSPS) is 33.2. The highest BCUT2D eigenvalue weighted by Crippen LogP contribution is 2.25. The maximum Gasteiger partial charge on any atom is 0.0218 e. The van der Waals surface area contributed by atoms with Crippen LogP contribution in [-0.2, 0) is 0 Å². The van der Waals surface area contributed by atoms with Crippen molar-refractivity contribution < 1.29 is 0 Å². The second kappa shape index (κ2) is 6.44. The summed E-state index contributed by atoms with van der Waals surface area (Å²) in [6.45, 7) is 10.8. The Balaban J connectivity index is 1.84. The zero-order valence-electron chi connectivity index (χ0n) is 11.6. The molecule has 2 aliphatic heterocycles. The Bertz CT molecular complexity index is 226. The van der Waals surface area contributed by atoms with Crippen LogP contribution < -0.4 is 5.32 Å². The summed E-state index contributed by atoms with van der Waals surface area (Å²) in [4.78, 5) is 2.74. The van der Waals surface area contributed by atoms with Gasteiger partial charge >= 0.3 is 0 Å². The first kappa shape index (κ1) is 13.7. The Hall–Kier alpha value is 0.270. The maximum atomic E-state index is 3.69. The van der Waals surface area contributed by atoms with Gasteiger partial charge in [0.15, 0.2) is 0 Å². The highest BCUT2D eigenvalue weighted by molar-refractivity contribution is 7.99. The first-order valence-electron chi connectivity index (χ1n) is 7.22. The second-order valence-electron chi connectivity index (χ2n) is 6.12. The Morgan fingerprint density at radius 3 is 2.65 bits per heavy atom. The fourth-order valence-electron chi connectivity index (χ4n) is 2.91. The molecule has 0 spiro atoms. The molecular formula is C14H28N2S. The Morgan fingerprint density at radius 1 is 1.29 bits per heavy atom. The van der Waals surface area contributed by atoms with E-state index in [-0.39, 0.29) is 0 Å². The number of hydrogen-bond donors (Lipinski definition) is 1. The van der Waals surface area contributed by atoms with Crippen molar-refractivity contribution in [3.63, 3.8) is 0 Å². The van der Waals surface area contributed by atoms with Crippen LogP contribution in [-0.4, -0.2) is 48.1 Å². The molecule has 0 aliphatic carbocycles. The molecule has 0 radical (unpaired) electrons. The van der Waals surface area contributed by atoms with Crippen LogP contribution in [0.25, 0.3) is 0 Å². The van der Waals surface area contributed by atoms with Crippen molar-refractivity contribution in [1.29, 1.82) is 0 Å². The summed E-state index contributed by atoms with van der Waals surface area (Å²) in [5, 5.41) is 3.69. The fraction of sp³-hybridized carbons (Fsp3) is 1.00. The van der Waals surface area contributed by atoms with Gasteiger partial charge in [-0.05, 0) is 43.1 Å². The molecule has 2 saturated heterocycles. The first-order chi connectivity index (χ1) is 8.16. The fourth-order valence-corrected chi connectivity index (χ4v) is 4.11. The predicted octanol–water partition coefficient (Wildman–Crippen LogP) is 2.45. The minimum absolute atomic E-state index is 0.698. The molecule has 2 unspecified atom stereocenters. The summed E-state index contributed by atoms with van der Waals surface area (Å²) in [5.41, 5.74) is 0. The van der Waals surface area contributed by atoms with Gasteiger partial charge in [-0.1, -0.05) is 13.8 Å². The van der Waals surface area contributed by atoms with E-state index in [1.54, 1.807) is 0 Å². The average Bonchev–Trinajstić information content (AvgIpc) is 2.33. The van der Waals surface area contributed by atoms with E-state index in [0.717, 1.165) is 17.9 Å². The summed E-state index contributed by atoms with van der Waals surface area (Å²) in [6.07, 6.45) is 2.88. The minimum atomic E-state index is 0.698. The summed E-state index contributed by atoms with van der Waals surface area (Å²) < 4.78 is 0. The van der Waals surface area contributed by atoms with E-state index in [0.29, 0.717) is 6.04 Å². The van der Waals surface area contributed by atoms with E-state index in [4.69, 9.17) is 0 Å². The molecule has 1 N–H and O–H groups in total. The number of piperazine rings is 1. The van der Waals surface area contributed by atoms with Gasteiger partial charge in [0.25, 0.3) is 0 Å². The van der Waals surface area contributed by atoms with E-state index < -0.39 is 0 Å². The number of nitrogens with one attached hydrogen (secondary N) is 1. The lowest BCUT2D eigenvalue weighted by Crippen LogP contribution is -2.58. The minimum Gasteiger partial charge on any atom is -0.311 e. The van der Waals surface area contributed by atoms with Gasteiger partial charge in [-0.3, -0.25) is 4.90 Å². The number of rotatable bonds is 3. The van der Waals surface area contributed by atoms with Crippen LogP contribution in [0.2, 0.25) is 0 Å². The van der Waals surface area contributed by atoms with Gasteiger partial charge in [-0.2, -0.15) is 11.8 Å². The van der Waals surface area contributed by atoms with Gasteiger partial charge in [-0.15, -0.1) is 0 Å². The molecule has 2 nitrogen and oxygen atoms in total. The second-order valence-corrected chi connectivity index (χ2v) is 7.34. The van der Waals surface area contributed by atoms with Crippen molar-refractivity contribution >= 4 is 11.8 Å². The molecule has 2 heterocycles. The third-order valence-corrected chi connectivity index (χ3v) is 5.42. The van der Waals surface area contributed by atoms with Crippen molar-refractivity contribution in [2.45, 2.75) is 45.7 Å². The Labute approximate surface area is 111 Å². The molecule has 0 aromatic carbocycles. The largest absolute Gasteiger partial charge is 0.311 e. The van der Waals surface area contributed by atoms with Crippen LogP contribution in [0.5, 0.6) is 0 Å². The average molecular weight is 256 g/mol. The van der Waals surface area contributed by atoms with Crippen LogP contribution >= 0.6 is 11.8 Å². The van der Waals surface area contributed by atoms with Crippen LogP contribution in [0.1, 0.15) is 33.6 Å². The van der Waals surface area contributed by atoms with Gasteiger partial charge in [0.1, 0.15) is 0 Å². The molecule has 0 aromatic heterocycles. The van der Waals surface area contributed by atoms with E-state index in [2.05, 4.69) is 42.7 Å². The van der Waals surface area contributed by atoms with E-state index in [1.807, 2.05) is 0 Å². The van der Waals surface area contributed by atoms with Crippen molar-refractivity contribution in [3.8, 4) is 0 Å². The smallest absolute Gasteiger partial charge is 0.0218 e. The topological polar surface area (TPSA) is 15.3 Å². The lowest BCUT2D eigenvalue weighted by molar-refractivity contribution is 0.102. The van der Waals surface area contributed by atoms with Gasteiger partial charge < -0.3 is 5.32 Å². The van der Waals surface area contributed by atoms with Crippen LogP contribution in [0.15, 0.2) is 0 Å². The predicted molar refractivity (Wildman–Crippen MR) is 77.7 cm³/mol. The Morgan fingerprint density at radius 2 is 2.00 bits per heavy atom. The monoisotopic (exact) mass is 256 g/mol. The molecule has 100 valence electrons. The summed E-state index contributed by atoms with van der Waals surface area (Å²) in [6, 6.07) is 1.42. The molecule has 0 amide bonds. The quantitative estimate of drug-likeness (QED) is 0.835.